The lowest BCUT2D eigenvalue weighted by atomic mass is 10.3. The van der Waals surface area contributed by atoms with Crippen LogP contribution < -0.4 is 20.9 Å². The molecule has 0 aliphatic heterocycles. The van der Waals surface area contributed by atoms with Crippen molar-refractivity contribution in [2.24, 2.45) is 11.5 Å². The van der Waals surface area contributed by atoms with Gasteiger partial charge in [0.1, 0.15) is 35.1 Å². The zero-order valence-corrected chi connectivity index (χ0v) is 18.1. The molecule has 4 N–H and O–H groups in total. The van der Waals surface area contributed by atoms with Crippen LogP contribution >= 0.6 is 0 Å². The molecular weight excluding hydrogens is 466 g/mol. The molecule has 34 heavy (non-hydrogen) atoms. The predicted molar refractivity (Wildman–Crippen MR) is 111 cm³/mol. The number of hydrogen-bond donors (Lipinski definition) is 2. The second kappa shape index (κ2) is 10.8. The third kappa shape index (κ3) is 7.73. The Bertz CT molecular complexity index is 830. The summed E-state index contributed by atoms with van der Waals surface area (Å²) in [6.07, 6.45) is -1.71. The summed E-state index contributed by atoms with van der Waals surface area (Å²) in [5.74, 6) is 0.717. The van der Waals surface area contributed by atoms with E-state index >= 15 is 0 Å². The number of nitrogens with zero attached hydrogens (tertiary/aromatic N) is 2. The van der Waals surface area contributed by atoms with Crippen molar-refractivity contribution in [2.75, 3.05) is 0 Å². The first kappa shape index (κ1) is 26.0. The largest absolute Gasteiger partial charge is 0.489 e. The molecule has 0 radical (unpaired) electrons. The van der Waals surface area contributed by atoms with Crippen molar-refractivity contribution in [2.45, 2.75) is 75.2 Å². The Labute approximate surface area is 192 Å². The van der Waals surface area contributed by atoms with E-state index in [1.54, 1.807) is 0 Å². The molecule has 2 heterocycles. The maximum atomic E-state index is 12.3. The minimum absolute atomic E-state index is 0.0106. The van der Waals surface area contributed by atoms with Crippen LogP contribution in [0.5, 0.6) is 11.5 Å². The molecule has 2 aliphatic rings. The molecule has 4 atom stereocenters. The SMILES string of the molecule is N[C@@H]1CC[C@@H](Oc2ccc(C(F)(F)F)nc2)C1.N[C@H]1CC[C@H](Oc2ccc(C(F)(F)F)nc2)C1. The molecule has 0 aromatic carbocycles. The number of nitrogens with two attached hydrogens (primary N) is 2. The fourth-order valence-corrected chi connectivity index (χ4v) is 3.78. The lowest BCUT2D eigenvalue weighted by Gasteiger charge is -2.13. The van der Waals surface area contributed by atoms with Crippen molar-refractivity contribution in [3.8, 4) is 11.5 Å². The Kier molecular flexibility index (Phi) is 8.24. The Morgan fingerprint density at radius 2 is 1.03 bits per heavy atom. The van der Waals surface area contributed by atoms with Crippen LogP contribution in [0.25, 0.3) is 0 Å². The van der Waals surface area contributed by atoms with Gasteiger partial charge in [0, 0.05) is 12.1 Å². The van der Waals surface area contributed by atoms with Gasteiger partial charge in [-0.1, -0.05) is 0 Å². The van der Waals surface area contributed by atoms with E-state index in [-0.39, 0.29) is 24.3 Å². The van der Waals surface area contributed by atoms with Gasteiger partial charge >= 0.3 is 12.4 Å². The van der Waals surface area contributed by atoms with Crippen LogP contribution in [-0.4, -0.2) is 34.3 Å². The smallest absolute Gasteiger partial charge is 0.433 e. The maximum Gasteiger partial charge on any atom is 0.433 e. The van der Waals surface area contributed by atoms with Gasteiger partial charge in [-0.2, -0.15) is 26.3 Å². The first-order valence-corrected chi connectivity index (χ1v) is 10.8. The van der Waals surface area contributed by atoms with Crippen LogP contribution in [0.15, 0.2) is 36.7 Å². The molecule has 2 aromatic rings. The highest BCUT2D eigenvalue weighted by Crippen LogP contribution is 2.30. The van der Waals surface area contributed by atoms with Crippen LogP contribution in [0.2, 0.25) is 0 Å². The van der Waals surface area contributed by atoms with Crippen molar-refractivity contribution < 1.29 is 35.8 Å². The molecule has 2 saturated carbocycles. The second-order valence-electron chi connectivity index (χ2n) is 8.38. The van der Waals surface area contributed by atoms with Crippen molar-refractivity contribution >= 4 is 0 Å². The van der Waals surface area contributed by atoms with E-state index in [9.17, 15) is 26.3 Å². The van der Waals surface area contributed by atoms with E-state index < -0.39 is 23.7 Å². The number of halogens is 6. The fourth-order valence-electron chi connectivity index (χ4n) is 3.78. The molecule has 0 unspecified atom stereocenters. The summed E-state index contributed by atoms with van der Waals surface area (Å²) in [5.41, 5.74) is 9.61. The Balaban J connectivity index is 0.000000191. The van der Waals surface area contributed by atoms with Crippen molar-refractivity contribution in [3.63, 3.8) is 0 Å². The Hall–Kier alpha value is -2.60. The summed E-state index contributed by atoms with van der Waals surface area (Å²) in [6.45, 7) is 0. The van der Waals surface area contributed by atoms with Gasteiger partial charge in [-0.05, 0) is 62.8 Å². The average Bonchev–Trinajstić information content (AvgIpc) is 3.35. The Morgan fingerprint density at radius 1 is 0.647 bits per heavy atom. The van der Waals surface area contributed by atoms with Crippen LogP contribution in [0, 0.1) is 0 Å². The predicted octanol–water partition coefficient (Wildman–Crippen LogP) is 4.72. The van der Waals surface area contributed by atoms with Gasteiger partial charge in [-0.3, -0.25) is 0 Å². The molecule has 2 fully saturated rings. The van der Waals surface area contributed by atoms with E-state index in [4.69, 9.17) is 20.9 Å². The fraction of sp³-hybridized carbons (Fsp3) is 0.545. The molecule has 2 aliphatic carbocycles. The standard InChI is InChI=1S/2C11H13F3N2O/c2*12-11(13,14)10-4-3-9(6-16-10)17-8-2-1-7(15)5-8/h2*3-4,6-8H,1-2,5,15H2/t2*7-,8-/m10/s1. The third-order valence-electron chi connectivity index (χ3n) is 5.51. The van der Waals surface area contributed by atoms with Crippen molar-refractivity contribution in [1.82, 2.24) is 9.97 Å². The molecule has 0 spiro atoms. The number of alkyl halides is 6. The van der Waals surface area contributed by atoms with Crippen LogP contribution in [-0.2, 0) is 12.4 Å². The first-order valence-electron chi connectivity index (χ1n) is 10.8. The van der Waals surface area contributed by atoms with Gasteiger partial charge in [0.25, 0.3) is 0 Å². The zero-order valence-electron chi connectivity index (χ0n) is 18.1. The van der Waals surface area contributed by atoms with E-state index in [0.29, 0.717) is 11.5 Å². The van der Waals surface area contributed by atoms with Crippen LogP contribution in [0.1, 0.15) is 49.9 Å². The highest BCUT2D eigenvalue weighted by Gasteiger charge is 2.33. The van der Waals surface area contributed by atoms with Gasteiger partial charge in [-0.25, -0.2) is 9.97 Å². The Morgan fingerprint density at radius 3 is 1.26 bits per heavy atom. The summed E-state index contributed by atoms with van der Waals surface area (Å²) < 4.78 is 84.5. The summed E-state index contributed by atoms with van der Waals surface area (Å²) in [4.78, 5) is 6.66. The third-order valence-corrected chi connectivity index (χ3v) is 5.51. The van der Waals surface area contributed by atoms with E-state index in [2.05, 4.69) is 9.97 Å². The van der Waals surface area contributed by atoms with E-state index in [1.165, 1.54) is 12.1 Å². The monoisotopic (exact) mass is 492 g/mol. The van der Waals surface area contributed by atoms with Gasteiger partial charge in [0.2, 0.25) is 0 Å². The van der Waals surface area contributed by atoms with Gasteiger partial charge in [0.15, 0.2) is 0 Å². The summed E-state index contributed by atoms with van der Waals surface area (Å²) in [6, 6.07) is 4.68. The zero-order chi connectivity index (χ0) is 24.9. The van der Waals surface area contributed by atoms with Gasteiger partial charge in [0.05, 0.1) is 12.4 Å². The molecule has 4 rings (SSSR count). The van der Waals surface area contributed by atoms with Crippen LogP contribution in [0.3, 0.4) is 0 Å². The average molecular weight is 492 g/mol. The molecule has 0 saturated heterocycles. The van der Waals surface area contributed by atoms with Crippen molar-refractivity contribution in [1.29, 1.82) is 0 Å². The number of ether oxygens (including phenoxy) is 2. The van der Waals surface area contributed by atoms with Gasteiger partial charge in [-0.15, -0.1) is 0 Å². The molecule has 12 heteroatoms. The molecular formula is C22H26F6N4O2. The van der Waals surface area contributed by atoms with E-state index in [1.807, 2.05) is 0 Å². The van der Waals surface area contributed by atoms with Gasteiger partial charge < -0.3 is 20.9 Å². The lowest BCUT2D eigenvalue weighted by molar-refractivity contribution is -0.142. The minimum Gasteiger partial charge on any atom is -0.489 e. The second-order valence-corrected chi connectivity index (χ2v) is 8.38. The molecule has 2 aromatic heterocycles. The molecule has 188 valence electrons. The lowest BCUT2D eigenvalue weighted by Crippen LogP contribution is -2.19. The molecule has 0 bridgehead atoms. The highest BCUT2D eigenvalue weighted by atomic mass is 19.4. The summed E-state index contributed by atoms with van der Waals surface area (Å²) >= 11 is 0. The van der Waals surface area contributed by atoms with E-state index in [0.717, 1.165) is 63.1 Å². The topological polar surface area (TPSA) is 96.3 Å². The number of aromatic nitrogens is 2. The first-order chi connectivity index (χ1) is 15.9. The molecule has 0 amide bonds. The normalized spacial score (nSPS) is 24.9. The maximum absolute atomic E-state index is 12.3. The number of hydrogen-bond acceptors (Lipinski definition) is 6. The summed E-state index contributed by atoms with van der Waals surface area (Å²) in [7, 11) is 0. The minimum atomic E-state index is -4.41. The quantitative estimate of drug-likeness (QED) is 0.600. The van der Waals surface area contributed by atoms with Crippen molar-refractivity contribution in [3.05, 3.63) is 48.0 Å². The van der Waals surface area contributed by atoms with Crippen LogP contribution in [0.4, 0.5) is 26.3 Å². The molecule has 6 nitrogen and oxygen atoms in total. The highest BCUT2D eigenvalue weighted by molar-refractivity contribution is 5.22. The number of pyridine rings is 2. The summed E-state index contributed by atoms with van der Waals surface area (Å²) in [5, 5.41) is 0. The number of rotatable bonds is 4.